The molecule has 1 unspecified atom stereocenters. The van der Waals surface area contributed by atoms with Crippen LogP contribution in [0.4, 0.5) is 0 Å². The second-order valence-corrected chi connectivity index (χ2v) is 6.45. The van der Waals surface area contributed by atoms with Gasteiger partial charge in [0.05, 0.1) is 18.6 Å². The second kappa shape index (κ2) is 3.74. The van der Waals surface area contributed by atoms with E-state index in [2.05, 4.69) is 39.5 Å². The third-order valence-electron chi connectivity index (χ3n) is 4.48. The second-order valence-electron chi connectivity index (χ2n) is 6.45. The van der Waals surface area contributed by atoms with Gasteiger partial charge in [0.15, 0.2) is 0 Å². The van der Waals surface area contributed by atoms with Crippen molar-refractivity contribution in [2.45, 2.75) is 52.7 Å². The average molecular weight is 211 g/mol. The summed E-state index contributed by atoms with van der Waals surface area (Å²) in [5.41, 5.74) is 0. The zero-order valence-electron chi connectivity index (χ0n) is 11.0. The molecule has 0 spiro atoms. The van der Waals surface area contributed by atoms with E-state index in [0.29, 0.717) is 0 Å². The normalized spacial score (nSPS) is 41.0. The maximum absolute atomic E-state index is 2.76. The Morgan fingerprint density at radius 2 is 1.73 bits per heavy atom. The van der Waals surface area contributed by atoms with Crippen molar-refractivity contribution in [2.75, 3.05) is 26.2 Å². The van der Waals surface area contributed by atoms with Gasteiger partial charge in [-0.2, -0.15) is 0 Å². The lowest BCUT2D eigenvalue weighted by Gasteiger charge is -2.63. The predicted molar refractivity (Wildman–Crippen MR) is 64.8 cm³/mol. The van der Waals surface area contributed by atoms with Crippen LogP contribution in [0.2, 0.25) is 0 Å². The molecule has 0 radical (unpaired) electrons. The minimum Gasteiger partial charge on any atom is -0.317 e. The van der Waals surface area contributed by atoms with Crippen LogP contribution in [0.3, 0.4) is 0 Å². The summed E-state index contributed by atoms with van der Waals surface area (Å²) in [6.07, 6.45) is 0. The van der Waals surface area contributed by atoms with Gasteiger partial charge in [-0.3, -0.25) is 4.90 Å². The Labute approximate surface area is 94.8 Å². The minimum atomic E-state index is 0.794. The fourth-order valence-corrected chi connectivity index (χ4v) is 3.52. The quantitative estimate of drug-likeness (QED) is 0.645. The first-order valence-electron chi connectivity index (χ1n) is 6.56. The Morgan fingerprint density at radius 1 is 1.13 bits per heavy atom. The molecule has 2 heteroatoms. The van der Waals surface area contributed by atoms with Gasteiger partial charge in [-0.05, 0) is 26.7 Å². The van der Waals surface area contributed by atoms with Gasteiger partial charge in [0, 0.05) is 6.54 Å². The van der Waals surface area contributed by atoms with Crippen molar-refractivity contribution in [3.8, 4) is 0 Å². The molecule has 3 aliphatic heterocycles. The van der Waals surface area contributed by atoms with Crippen molar-refractivity contribution in [1.29, 1.82) is 0 Å². The van der Waals surface area contributed by atoms with E-state index in [1.165, 1.54) is 30.7 Å². The Balaban J connectivity index is 2.00. The van der Waals surface area contributed by atoms with E-state index in [-0.39, 0.29) is 0 Å². The van der Waals surface area contributed by atoms with Crippen molar-refractivity contribution in [1.82, 2.24) is 4.90 Å². The summed E-state index contributed by atoms with van der Waals surface area (Å²) in [5, 5.41) is 0. The van der Waals surface area contributed by atoms with Crippen molar-refractivity contribution in [3.63, 3.8) is 0 Å². The third kappa shape index (κ3) is 1.83. The maximum Gasteiger partial charge on any atom is 0.109 e. The van der Waals surface area contributed by atoms with Gasteiger partial charge < -0.3 is 4.48 Å². The topological polar surface area (TPSA) is 3.24 Å². The number of nitrogens with zero attached hydrogens (tertiary/aromatic N) is 2. The van der Waals surface area contributed by atoms with Crippen LogP contribution in [0, 0.1) is 5.92 Å². The van der Waals surface area contributed by atoms with E-state index in [4.69, 9.17) is 0 Å². The third-order valence-corrected chi connectivity index (χ3v) is 4.48. The fraction of sp³-hybridized carbons (Fsp3) is 1.00. The van der Waals surface area contributed by atoms with Gasteiger partial charge in [-0.25, -0.2) is 0 Å². The molecule has 0 aromatic heterocycles. The van der Waals surface area contributed by atoms with E-state index < -0.39 is 0 Å². The number of rotatable bonds is 3. The largest absolute Gasteiger partial charge is 0.317 e. The zero-order chi connectivity index (χ0) is 11.2. The Bertz CT molecular complexity index is 227. The molecule has 3 rings (SSSR count). The Hall–Kier alpha value is -0.0800. The predicted octanol–water partition coefficient (Wildman–Crippen LogP) is 1.95. The van der Waals surface area contributed by atoms with Crippen LogP contribution < -0.4 is 0 Å². The highest BCUT2D eigenvalue weighted by molar-refractivity contribution is 4.90. The highest BCUT2D eigenvalue weighted by Gasteiger charge is 2.55. The molecule has 0 aliphatic carbocycles. The summed E-state index contributed by atoms with van der Waals surface area (Å²) in [4.78, 5) is 2.76. The van der Waals surface area contributed by atoms with E-state index in [1.54, 1.807) is 0 Å². The lowest BCUT2D eigenvalue weighted by Crippen LogP contribution is -2.81. The summed E-state index contributed by atoms with van der Waals surface area (Å²) in [6, 6.07) is 2.51. The highest BCUT2D eigenvalue weighted by Crippen LogP contribution is 2.36. The minimum absolute atomic E-state index is 0.794. The molecule has 15 heavy (non-hydrogen) atoms. The van der Waals surface area contributed by atoms with Crippen LogP contribution in [-0.4, -0.2) is 53.7 Å². The molecule has 1 atom stereocenters. The summed E-state index contributed by atoms with van der Waals surface area (Å²) < 4.78 is 1.39. The first-order valence-corrected chi connectivity index (χ1v) is 6.56. The molecule has 2 nitrogen and oxygen atoms in total. The standard InChI is InChI=1S/C13H27N2/c1-10(2)6-14-12(5)7-15(11(3)4)8-13(14)9-15/h10-13H,6-9H2,1-5H3/q+1. The molecule has 0 N–H and O–H groups in total. The molecule has 3 aliphatic rings. The van der Waals surface area contributed by atoms with Crippen LogP contribution >= 0.6 is 0 Å². The van der Waals surface area contributed by atoms with Crippen LogP contribution in [0.25, 0.3) is 0 Å². The van der Waals surface area contributed by atoms with Crippen molar-refractivity contribution in [3.05, 3.63) is 0 Å². The fourth-order valence-electron chi connectivity index (χ4n) is 3.52. The molecular weight excluding hydrogens is 184 g/mol. The molecule has 88 valence electrons. The molecule has 3 fully saturated rings. The Morgan fingerprint density at radius 3 is 2.13 bits per heavy atom. The van der Waals surface area contributed by atoms with Crippen molar-refractivity contribution < 1.29 is 4.48 Å². The molecule has 3 heterocycles. The van der Waals surface area contributed by atoms with Crippen molar-refractivity contribution in [2.24, 2.45) is 5.92 Å². The molecule has 0 aromatic rings. The van der Waals surface area contributed by atoms with Gasteiger partial charge in [0.2, 0.25) is 0 Å². The van der Waals surface area contributed by atoms with Crippen LogP contribution in [0.5, 0.6) is 0 Å². The van der Waals surface area contributed by atoms with Crippen LogP contribution in [0.15, 0.2) is 0 Å². The molecule has 2 bridgehead atoms. The average Bonchev–Trinajstić information content (AvgIpc) is 2.04. The lowest BCUT2D eigenvalue weighted by molar-refractivity contribution is -0.998. The summed E-state index contributed by atoms with van der Waals surface area (Å²) >= 11 is 0. The summed E-state index contributed by atoms with van der Waals surface area (Å²) in [5.74, 6) is 0.812. The van der Waals surface area contributed by atoms with Gasteiger partial charge in [0.25, 0.3) is 0 Å². The van der Waals surface area contributed by atoms with E-state index >= 15 is 0 Å². The first kappa shape index (κ1) is 11.4. The smallest absolute Gasteiger partial charge is 0.109 e. The highest BCUT2D eigenvalue weighted by atomic mass is 15.5. The van der Waals surface area contributed by atoms with E-state index in [0.717, 1.165) is 24.0 Å². The van der Waals surface area contributed by atoms with Crippen LogP contribution in [-0.2, 0) is 0 Å². The first-order chi connectivity index (χ1) is 6.94. The van der Waals surface area contributed by atoms with E-state index in [1.807, 2.05) is 0 Å². The Kier molecular flexibility index (Phi) is 2.85. The number of piperazine rings is 2. The van der Waals surface area contributed by atoms with E-state index in [9.17, 15) is 0 Å². The van der Waals surface area contributed by atoms with Crippen molar-refractivity contribution >= 4 is 0 Å². The summed E-state index contributed by atoms with van der Waals surface area (Å²) in [6.45, 7) is 17.4. The van der Waals surface area contributed by atoms with Gasteiger partial charge in [0.1, 0.15) is 19.1 Å². The number of hydrogen-bond donors (Lipinski definition) is 0. The summed E-state index contributed by atoms with van der Waals surface area (Å²) in [7, 11) is 0. The van der Waals surface area contributed by atoms with Gasteiger partial charge in [-0.15, -0.1) is 0 Å². The zero-order valence-corrected chi connectivity index (χ0v) is 11.0. The SMILES string of the molecule is CC(C)CN1C(C)C[N+]2(C(C)C)CC1C2. The lowest BCUT2D eigenvalue weighted by atomic mass is 9.89. The monoisotopic (exact) mass is 211 g/mol. The number of quaternary nitrogens is 1. The van der Waals surface area contributed by atoms with Gasteiger partial charge >= 0.3 is 0 Å². The number of fused-ring (bicyclic) bond motifs is 2. The maximum atomic E-state index is 2.76. The molecule has 0 saturated carbocycles. The molecule has 3 saturated heterocycles. The number of hydrogen-bond acceptors (Lipinski definition) is 1. The van der Waals surface area contributed by atoms with Gasteiger partial charge in [-0.1, -0.05) is 13.8 Å². The van der Waals surface area contributed by atoms with Crippen LogP contribution in [0.1, 0.15) is 34.6 Å². The molecule has 0 aromatic carbocycles. The molecular formula is C13H27N2+. The molecule has 0 amide bonds.